The zero-order valence-electron chi connectivity index (χ0n) is 8.08. The van der Waals surface area contributed by atoms with E-state index in [0.717, 1.165) is 0 Å². The highest BCUT2D eigenvalue weighted by molar-refractivity contribution is 5.90. The summed E-state index contributed by atoms with van der Waals surface area (Å²) in [4.78, 5) is 23.9. The molecule has 0 radical (unpaired) electrons. The molecular formula is C8H10N2O4. The molecule has 6 heteroatoms. The lowest BCUT2D eigenvalue weighted by Crippen LogP contribution is -2.03. The first-order valence-electron chi connectivity index (χ1n) is 3.91. The minimum Gasteiger partial charge on any atom is -0.464 e. The molecule has 0 bridgehead atoms. The second-order valence-electron chi connectivity index (χ2n) is 2.85. The molecule has 0 saturated heterocycles. The Bertz CT molecular complexity index is 394. The number of nitro groups is 1. The molecule has 1 aromatic heterocycles. The number of esters is 1. The highest BCUT2D eigenvalue weighted by atomic mass is 16.6. The van der Waals surface area contributed by atoms with Gasteiger partial charge in [0, 0.05) is 0 Å². The summed E-state index contributed by atoms with van der Waals surface area (Å²) in [7, 11) is 1.23. The van der Waals surface area contributed by atoms with E-state index >= 15 is 0 Å². The number of methoxy groups -OCH3 is 1. The maximum atomic E-state index is 11.1. The van der Waals surface area contributed by atoms with Crippen LogP contribution in [0.5, 0.6) is 0 Å². The van der Waals surface area contributed by atoms with Crippen molar-refractivity contribution in [3.05, 3.63) is 27.1 Å². The molecule has 0 atom stereocenters. The fraction of sp³-hybridized carbons (Fsp3) is 0.375. The normalized spacial score (nSPS) is 9.93. The third-order valence-electron chi connectivity index (χ3n) is 1.97. The van der Waals surface area contributed by atoms with E-state index in [0.29, 0.717) is 11.3 Å². The predicted molar refractivity (Wildman–Crippen MR) is 48.3 cm³/mol. The second kappa shape index (κ2) is 3.49. The number of aromatic nitrogens is 1. The van der Waals surface area contributed by atoms with E-state index in [1.807, 2.05) is 0 Å². The first kappa shape index (κ1) is 10.2. The maximum absolute atomic E-state index is 11.1. The molecule has 0 spiro atoms. The van der Waals surface area contributed by atoms with Gasteiger partial charge in [-0.15, -0.1) is 0 Å². The Kier molecular flexibility index (Phi) is 2.55. The SMILES string of the molecule is COC(=O)c1[nH]c(C)c([N+](=O)[O-])c1C. The van der Waals surface area contributed by atoms with Crippen molar-refractivity contribution in [3.8, 4) is 0 Å². The lowest BCUT2D eigenvalue weighted by atomic mass is 10.2. The number of aryl methyl sites for hydroxylation is 1. The summed E-state index contributed by atoms with van der Waals surface area (Å²) in [5.74, 6) is -0.598. The number of hydrogen-bond donors (Lipinski definition) is 1. The summed E-state index contributed by atoms with van der Waals surface area (Å²) < 4.78 is 4.47. The van der Waals surface area contributed by atoms with Crippen LogP contribution in [0.4, 0.5) is 5.69 Å². The highest BCUT2D eigenvalue weighted by Crippen LogP contribution is 2.25. The van der Waals surface area contributed by atoms with Crippen molar-refractivity contribution in [1.29, 1.82) is 0 Å². The zero-order chi connectivity index (χ0) is 10.9. The molecule has 1 N–H and O–H groups in total. The first-order valence-corrected chi connectivity index (χ1v) is 3.91. The molecule has 0 unspecified atom stereocenters. The molecule has 1 aromatic rings. The monoisotopic (exact) mass is 198 g/mol. The number of carbonyl (C=O) groups is 1. The van der Waals surface area contributed by atoms with Crippen molar-refractivity contribution in [1.82, 2.24) is 4.98 Å². The Labute approximate surface area is 80.0 Å². The fourth-order valence-electron chi connectivity index (χ4n) is 1.32. The number of rotatable bonds is 2. The van der Waals surface area contributed by atoms with Gasteiger partial charge in [0.05, 0.1) is 23.3 Å². The van der Waals surface area contributed by atoms with Gasteiger partial charge < -0.3 is 9.72 Å². The van der Waals surface area contributed by atoms with Crippen LogP contribution < -0.4 is 0 Å². The van der Waals surface area contributed by atoms with E-state index < -0.39 is 10.9 Å². The van der Waals surface area contributed by atoms with E-state index in [1.165, 1.54) is 21.0 Å². The molecule has 0 aliphatic heterocycles. The van der Waals surface area contributed by atoms with Crippen LogP contribution in [0.2, 0.25) is 0 Å². The van der Waals surface area contributed by atoms with Crippen molar-refractivity contribution in [2.24, 2.45) is 0 Å². The molecule has 14 heavy (non-hydrogen) atoms. The molecule has 1 heterocycles. The topological polar surface area (TPSA) is 85.2 Å². The molecule has 1 rings (SSSR count). The molecule has 0 aliphatic carbocycles. The number of nitrogens with one attached hydrogen (secondary N) is 1. The van der Waals surface area contributed by atoms with Gasteiger partial charge in [-0.1, -0.05) is 0 Å². The average molecular weight is 198 g/mol. The van der Waals surface area contributed by atoms with Gasteiger partial charge in [-0.25, -0.2) is 4.79 Å². The van der Waals surface area contributed by atoms with Crippen LogP contribution in [-0.2, 0) is 4.74 Å². The fourth-order valence-corrected chi connectivity index (χ4v) is 1.32. The second-order valence-corrected chi connectivity index (χ2v) is 2.85. The van der Waals surface area contributed by atoms with Gasteiger partial charge in [0.2, 0.25) is 0 Å². The Morgan fingerprint density at radius 1 is 1.50 bits per heavy atom. The van der Waals surface area contributed by atoms with Gasteiger partial charge in [-0.05, 0) is 13.8 Å². The van der Waals surface area contributed by atoms with E-state index in [-0.39, 0.29) is 11.4 Å². The van der Waals surface area contributed by atoms with Crippen molar-refractivity contribution in [2.45, 2.75) is 13.8 Å². The van der Waals surface area contributed by atoms with Gasteiger partial charge in [0.1, 0.15) is 5.69 Å². The predicted octanol–water partition coefficient (Wildman–Crippen LogP) is 1.33. The summed E-state index contributed by atoms with van der Waals surface area (Å²) in [6.07, 6.45) is 0. The standard InChI is InChI=1S/C8H10N2O4/c1-4-6(8(11)14-3)9-5(2)7(4)10(12)13/h9H,1-3H3. The van der Waals surface area contributed by atoms with Crippen LogP contribution in [0.1, 0.15) is 21.7 Å². The molecular weight excluding hydrogens is 188 g/mol. The third-order valence-corrected chi connectivity index (χ3v) is 1.97. The summed E-state index contributed by atoms with van der Waals surface area (Å²) in [5, 5.41) is 10.6. The van der Waals surface area contributed by atoms with Crippen LogP contribution in [-0.4, -0.2) is 23.0 Å². The number of carbonyl (C=O) groups excluding carboxylic acids is 1. The molecule has 0 amide bonds. The quantitative estimate of drug-likeness (QED) is 0.441. The summed E-state index contributed by atoms with van der Waals surface area (Å²) >= 11 is 0. The molecule has 0 fully saturated rings. The van der Waals surface area contributed by atoms with Crippen molar-refractivity contribution < 1.29 is 14.5 Å². The zero-order valence-corrected chi connectivity index (χ0v) is 8.08. The number of hydrogen-bond acceptors (Lipinski definition) is 4. The van der Waals surface area contributed by atoms with Crippen LogP contribution >= 0.6 is 0 Å². The average Bonchev–Trinajstić information content (AvgIpc) is 2.40. The van der Waals surface area contributed by atoms with E-state index in [1.54, 1.807) is 0 Å². The minimum atomic E-state index is -0.598. The molecule has 0 aliphatic rings. The maximum Gasteiger partial charge on any atom is 0.355 e. The van der Waals surface area contributed by atoms with Gasteiger partial charge in [0.15, 0.2) is 0 Å². The molecule has 6 nitrogen and oxygen atoms in total. The molecule has 0 saturated carbocycles. The molecule has 76 valence electrons. The smallest absolute Gasteiger partial charge is 0.355 e. The number of aromatic amines is 1. The van der Waals surface area contributed by atoms with Crippen molar-refractivity contribution >= 4 is 11.7 Å². The lowest BCUT2D eigenvalue weighted by Gasteiger charge is -1.95. The van der Waals surface area contributed by atoms with Crippen molar-refractivity contribution in [2.75, 3.05) is 7.11 Å². The lowest BCUT2D eigenvalue weighted by molar-refractivity contribution is -0.385. The minimum absolute atomic E-state index is 0.0644. The number of ether oxygens (including phenoxy) is 1. The van der Waals surface area contributed by atoms with Crippen LogP contribution in [0, 0.1) is 24.0 Å². The number of H-pyrrole nitrogens is 1. The third kappa shape index (κ3) is 1.46. The van der Waals surface area contributed by atoms with Gasteiger partial charge in [0.25, 0.3) is 5.69 Å². The van der Waals surface area contributed by atoms with Gasteiger partial charge >= 0.3 is 5.97 Å². The first-order chi connectivity index (χ1) is 6.49. The van der Waals surface area contributed by atoms with Crippen LogP contribution in [0.3, 0.4) is 0 Å². The summed E-state index contributed by atoms with van der Waals surface area (Å²) in [6.45, 7) is 3.05. The van der Waals surface area contributed by atoms with Crippen LogP contribution in [0.15, 0.2) is 0 Å². The largest absolute Gasteiger partial charge is 0.464 e. The number of nitrogens with zero attached hydrogens (tertiary/aromatic N) is 1. The van der Waals surface area contributed by atoms with Crippen LogP contribution in [0.25, 0.3) is 0 Å². The Balaban J connectivity index is 3.30. The van der Waals surface area contributed by atoms with Gasteiger partial charge in [-0.2, -0.15) is 0 Å². The Morgan fingerprint density at radius 3 is 2.43 bits per heavy atom. The van der Waals surface area contributed by atoms with Gasteiger partial charge in [-0.3, -0.25) is 10.1 Å². The summed E-state index contributed by atoms with van der Waals surface area (Å²) in [5.41, 5.74) is 0.731. The summed E-state index contributed by atoms with van der Waals surface area (Å²) in [6, 6.07) is 0. The van der Waals surface area contributed by atoms with E-state index in [4.69, 9.17) is 0 Å². The Hall–Kier alpha value is -1.85. The van der Waals surface area contributed by atoms with Crippen molar-refractivity contribution in [3.63, 3.8) is 0 Å². The highest BCUT2D eigenvalue weighted by Gasteiger charge is 2.24. The van der Waals surface area contributed by atoms with E-state index in [9.17, 15) is 14.9 Å². The van der Waals surface area contributed by atoms with E-state index in [2.05, 4.69) is 9.72 Å². The molecule has 0 aromatic carbocycles. The Morgan fingerprint density at radius 2 is 2.07 bits per heavy atom.